The molecule has 0 bridgehead atoms. The smallest absolute Gasteiger partial charge is 0.465 e. The number of amides is 1. The summed E-state index contributed by atoms with van der Waals surface area (Å²) in [7, 11) is 0. The molecule has 1 aromatic carbocycles. The molecule has 1 rings (SSSR count). The van der Waals surface area contributed by atoms with Crippen molar-refractivity contribution in [1.82, 2.24) is 5.32 Å². The molecule has 0 aliphatic heterocycles. The molecule has 0 saturated carbocycles. The molecule has 118 valence electrons. The molecule has 0 aromatic heterocycles. The fourth-order valence-corrected chi connectivity index (χ4v) is 1.70. The van der Waals surface area contributed by atoms with Crippen molar-refractivity contribution in [2.45, 2.75) is 31.9 Å². The summed E-state index contributed by atoms with van der Waals surface area (Å²) in [5, 5.41) is 20.5. The van der Waals surface area contributed by atoms with Gasteiger partial charge in [-0.05, 0) is 31.5 Å². The SMILES string of the molecule is CC(C)(O)C(NC(=O)O)c1ccc(OC(F)(F)F)c(F)c1. The minimum atomic E-state index is -5.04. The monoisotopic (exact) mass is 311 g/mol. The summed E-state index contributed by atoms with van der Waals surface area (Å²) in [5.74, 6) is -2.37. The van der Waals surface area contributed by atoms with Gasteiger partial charge in [0.1, 0.15) is 0 Å². The second kappa shape index (κ2) is 5.76. The fraction of sp³-hybridized carbons (Fsp3) is 0.417. The van der Waals surface area contributed by atoms with Gasteiger partial charge in [-0.15, -0.1) is 13.2 Å². The summed E-state index contributed by atoms with van der Waals surface area (Å²) >= 11 is 0. The van der Waals surface area contributed by atoms with Crippen molar-refractivity contribution in [3.05, 3.63) is 29.6 Å². The number of benzene rings is 1. The average molecular weight is 311 g/mol. The van der Waals surface area contributed by atoms with E-state index < -0.39 is 35.7 Å². The Hall–Kier alpha value is -2.03. The van der Waals surface area contributed by atoms with Crippen LogP contribution < -0.4 is 10.1 Å². The van der Waals surface area contributed by atoms with Gasteiger partial charge >= 0.3 is 12.5 Å². The molecule has 3 N–H and O–H groups in total. The Kier molecular flexibility index (Phi) is 4.67. The lowest BCUT2D eigenvalue weighted by Gasteiger charge is -2.29. The standard InChI is InChI=1S/C12H13F4NO4/c1-11(2,20)9(17-10(18)19)6-3-4-8(7(13)5-6)21-12(14,15)16/h3-5,9,17,20H,1-2H3,(H,18,19). The summed E-state index contributed by atoms with van der Waals surface area (Å²) in [5.41, 5.74) is -1.64. The summed E-state index contributed by atoms with van der Waals surface area (Å²) in [6.45, 7) is 2.54. The molecule has 1 atom stereocenters. The first-order valence-corrected chi connectivity index (χ1v) is 5.67. The highest BCUT2D eigenvalue weighted by molar-refractivity contribution is 5.65. The Morgan fingerprint density at radius 2 is 1.90 bits per heavy atom. The molecule has 0 radical (unpaired) electrons. The Morgan fingerprint density at radius 1 is 1.33 bits per heavy atom. The second-order valence-corrected chi connectivity index (χ2v) is 4.77. The topological polar surface area (TPSA) is 78.8 Å². The van der Waals surface area contributed by atoms with E-state index in [1.807, 2.05) is 5.32 Å². The van der Waals surface area contributed by atoms with Crippen LogP contribution in [0.5, 0.6) is 5.75 Å². The van der Waals surface area contributed by atoms with E-state index in [-0.39, 0.29) is 5.56 Å². The van der Waals surface area contributed by atoms with Crippen molar-refractivity contribution in [2.75, 3.05) is 0 Å². The summed E-state index contributed by atoms with van der Waals surface area (Å²) in [6.07, 6.45) is -6.52. The van der Waals surface area contributed by atoms with Crippen LogP contribution >= 0.6 is 0 Å². The van der Waals surface area contributed by atoms with Gasteiger partial charge < -0.3 is 20.3 Å². The number of nitrogens with one attached hydrogen (secondary N) is 1. The lowest BCUT2D eigenvalue weighted by Crippen LogP contribution is -2.41. The molecule has 21 heavy (non-hydrogen) atoms. The molecule has 0 aliphatic rings. The lowest BCUT2D eigenvalue weighted by molar-refractivity contribution is -0.275. The van der Waals surface area contributed by atoms with Crippen molar-refractivity contribution in [3.8, 4) is 5.75 Å². The first kappa shape index (κ1) is 17.0. The Labute approximate surface area is 117 Å². The third kappa shape index (κ3) is 5.10. The first-order chi connectivity index (χ1) is 9.40. The van der Waals surface area contributed by atoms with E-state index >= 15 is 0 Å². The first-order valence-electron chi connectivity index (χ1n) is 5.67. The highest BCUT2D eigenvalue weighted by Crippen LogP contribution is 2.31. The average Bonchev–Trinajstić information content (AvgIpc) is 2.25. The molecule has 0 spiro atoms. The quantitative estimate of drug-likeness (QED) is 0.747. The van der Waals surface area contributed by atoms with Crippen LogP contribution in [0.1, 0.15) is 25.5 Å². The molecule has 0 saturated heterocycles. The molecule has 9 heteroatoms. The number of ether oxygens (including phenoxy) is 1. The van der Waals surface area contributed by atoms with Gasteiger partial charge in [-0.25, -0.2) is 9.18 Å². The van der Waals surface area contributed by atoms with Gasteiger partial charge in [-0.1, -0.05) is 6.07 Å². The van der Waals surface area contributed by atoms with E-state index in [1.165, 1.54) is 13.8 Å². The van der Waals surface area contributed by atoms with Crippen LogP contribution in [0.25, 0.3) is 0 Å². The highest BCUT2D eigenvalue weighted by Gasteiger charge is 2.34. The third-order valence-electron chi connectivity index (χ3n) is 2.49. The zero-order valence-corrected chi connectivity index (χ0v) is 11.0. The van der Waals surface area contributed by atoms with Crippen LogP contribution in [-0.2, 0) is 0 Å². The van der Waals surface area contributed by atoms with Gasteiger partial charge in [-0.3, -0.25) is 0 Å². The van der Waals surface area contributed by atoms with Gasteiger partial charge in [0.15, 0.2) is 11.6 Å². The zero-order valence-electron chi connectivity index (χ0n) is 11.0. The Bertz CT molecular complexity index is 525. The predicted octanol–water partition coefficient (Wildman–Crippen LogP) is 2.80. The summed E-state index contributed by atoms with van der Waals surface area (Å²) in [6, 6.07) is 1.17. The molecular formula is C12H13F4NO4. The number of hydrogen-bond donors (Lipinski definition) is 3. The van der Waals surface area contributed by atoms with Crippen LogP contribution in [0.4, 0.5) is 22.4 Å². The zero-order chi connectivity index (χ0) is 16.4. The van der Waals surface area contributed by atoms with Gasteiger partial charge in [0, 0.05) is 0 Å². The molecule has 1 amide bonds. The number of carbonyl (C=O) groups is 1. The fourth-order valence-electron chi connectivity index (χ4n) is 1.70. The Balaban J connectivity index is 3.12. The molecule has 0 heterocycles. The highest BCUT2D eigenvalue weighted by atomic mass is 19.4. The normalized spacial score (nSPS) is 13.7. The van der Waals surface area contributed by atoms with Crippen LogP contribution in [0.15, 0.2) is 18.2 Å². The number of aliphatic hydroxyl groups is 1. The van der Waals surface area contributed by atoms with Crippen molar-refractivity contribution in [1.29, 1.82) is 0 Å². The van der Waals surface area contributed by atoms with Crippen LogP contribution in [-0.4, -0.2) is 28.3 Å². The number of hydrogen-bond acceptors (Lipinski definition) is 3. The predicted molar refractivity (Wildman–Crippen MR) is 63.3 cm³/mol. The number of alkyl halides is 3. The number of rotatable bonds is 4. The van der Waals surface area contributed by atoms with Gasteiger partial charge in [0.25, 0.3) is 0 Å². The molecule has 1 unspecified atom stereocenters. The third-order valence-corrected chi connectivity index (χ3v) is 2.49. The molecule has 0 aliphatic carbocycles. The van der Waals surface area contributed by atoms with Gasteiger partial charge in [0.05, 0.1) is 11.6 Å². The van der Waals surface area contributed by atoms with Crippen molar-refractivity contribution in [3.63, 3.8) is 0 Å². The largest absolute Gasteiger partial charge is 0.573 e. The van der Waals surface area contributed by atoms with Crippen LogP contribution in [0.3, 0.4) is 0 Å². The second-order valence-electron chi connectivity index (χ2n) is 4.77. The maximum absolute atomic E-state index is 13.6. The molecule has 1 aromatic rings. The maximum Gasteiger partial charge on any atom is 0.573 e. The van der Waals surface area contributed by atoms with Crippen LogP contribution in [0.2, 0.25) is 0 Å². The van der Waals surface area contributed by atoms with E-state index in [4.69, 9.17) is 5.11 Å². The Morgan fingerprint density at radius 3 is 2.29 bits per heavy atom. The van der Waals surface area contributed by atoms with E-state index in [2.05, 4.69) is 4.74 Å². The van der Waals surface area contributed by atoms with Gasteiger partial charge in [-0.2, -0.15) is 0 Å². The maximum atomic E-state index is 13.6. The number of halogens is 4. The van der Waals surface area contributed by atoms with Gasteiger partial charge in [0.2, 0.25) is 0 Å². The summed E-state index contributed by atoms with van der Waals surface area (Å²) < 4.78 is 53.1. The van der Waals surface area contributed by atoms with Crippen molar-refractivity contribution >= 4 is 6.09 Å². The minimum absolute atomic E-state index is 0.0445. The summed E-state index contributed by atoms with van der Waals surface area (Å²) in [4.78, 5) is 10.7. The van der Waals surface area contributed by atoms with E-state index in [0.29, 0.717) is 12.1 Å². The minimum Gasteiger partial charge on any atom is -0.465 e. The number of carboxylic acid groups (broad SMARTS) is 1. The van der Waals surface area contributed by atoms with E-state index in [9.17, 15) is 27.5 Å². The van der Waals surface area contributed by atoms with Crippen molar-refractivity contribution in [2.24, 2.45) is 0 Å². The van der Waals surface area contributed by atoms with E-state index in [1.54, 1.807) is 0 Å². The molecule has 5 nitrogen and oxygen atoms in total. The lowest BCUT2D eigenvalue weighted by atomic mass is 9.92. The molecular weight excluding hydrogens is 298 g/mol. The van der Waals surface area contributed by atoms with Crippen LogP contribution in [0, 0.1) is 5.82 Å². The van der Waals surface area contributed by atoms with Crippen molar-refractivity contribution < 1.29 is 37.3 Å². The van der Waals surface area contributed by atoms with E-state index in [0.717, 1.165) is 6.07 Å². The molecule has 0 fully saturated rings.